The standard InChI is InChI=1S/C23H23NO7S/c1-23(2,3)22(27)31-21-16-12-8-9-13-17(16)32(28,29)24(14-18(25)30-4)19(21)20(26)15-10-6-5-7-11-15/h5-13H,14H2,1-4H3. The van der Waals surface area contributed by atoms with Crippen molar-refractivity contribution in [1.82, 2.24) is 4.31 Å². The lowest BCUT2D eigenvalue weighted by molar-refractivity contribution is -0.145. The minimum absolute atomic E-state index is 0.0606. The fraction of sp³-hybridized carbons (Fsp3) is 0.261. The molecule has 0 unspecified atom stereocenters. The highest BCUT2D eigenvalue weighted by molar-refractivity contribution is 7.89. The number of sulfonamides is 1. The summed E-state index contributed by atoms with van der Waals surface area (Å²) in [5.41, 5.74) is -1.15. The first-order chi connectivity index (χ1) is 15.0. The highest BCUT2D eigenvalue weighted by Crippen LogP contribution is 2.39. The number of methoxy groups -OCH3 is 1. The summed E-state index contributed by atoms with van der Waals surface area (Å²) in [6.45, 7) is 4.13. The van der Waals surface area contributed by atoms with E-state index < -0.39 is 45.4 Å². The van der Waals surface area contributed by atoms with Gasteiger partial charge in [0.1, 0.15) is 12.2 Å². The fourth-order valence-electron chi connectivity index (χ4n) is 3.00. The molecule has 3 rings (SSSR count). The minimum atomic E-state index is -4.33. The van der Waals surface area contributed by atoms with Crippen molar-refractivity contribution in [2.24, 2.45) is 5.41 Å². The number of allylic oxidation sites excluding steroid dienone is 1. The number of esters is 2. The van der Waals surface area contributed by atoms with Gasteiger partial charge in [0.25, 0.3) is 10.0 Å². The van der Waals surface area contributed by atoms with Gasteiger partial charge >= 0.3 is 11.9 Å². The van der Waals surface area contributed by atoms with E-state index in [2.05, 4.69) is 4.74 Å². The van der Waals surface area contributed by atoms with Crippen LogP contribution in [0.1, 0.15) is 36.7 Å². The second-order valence-electron chi connectivity index (χ2n) is 8.10. The number of fused-ring (bicyclic) bond motifs is 1. The molecule has 0 spiro atoms. The summed E-state index contributed by atoms with van der Waals surface area (Å²) in [5, 5.41) is 0. The van der Waals surface area contributed by atoms with E-state index in [0.29, 0.717) is 4.31 Å². The maximum absolute atomic E-state index is 13.5. The van der Waals surface area contributed by atoms with Gasteiger partial charge in [-0.3, -0.25) is 14.4 Å². The fourth-order valence-corrected chi connectivity index (χ4v) is 4.60. The molecule has 0 N–H and O–H groups in total. The summed E-state index contributed by atoms with van der Waals surface area (Å²) >= 11 is 0. The number of carbonyl (C=O) groups is 3. The monoisotopic (exact) mass is 457 g/mol. The van der Waals surface area contributed by atoms with Gasteiger partial charge in [-0.05, 0) is 32.9 Å². The van der Waals surface area contributed by atoms with Crippen molar-refractivity contribution in [2.45, 2.75) is 25.7 Å². The summed E-state index contributed by atoms with van der Waals surface area (Å²) in [4.78, 5) is 38.2. The maximum Gasteiger partial charge on any atom is 0.326 e. The second-order valence-corrected chi connectivity index (χ2v) is 9.93. The van der Waals surface area contributed by atoms with Crippen LogP contribution in [0.5, 0.6) is 0 Å². The van der Waals surface area contributed by atoms with E-state index in [0.717, 1.165) is 7.11 Å². The van der Waals surface area contributed by atoms with Crippen molar-refractivity contribution in [3.63, 3.8) is 0 Å². The van der Waals surface area contributed by atoms with E-state index in [1.807, 2.05) is 0 Å². The third-order valence-corrected chi connectivity index (χ3v) is 6.53. The van der Waals surface area contributed by atoms with Crippen molar-refractivity contribution in [3.05, 3.63) is 71.4 Å². The Balaban J connectivity index is 2.35. The highest BCUT2D eigenvalue weighted by Gasteiger charge is 2.43. The lowest BCUT2D eigenvalue weighted by Gasteiger charge is -2.32. The molecule has 0 saturated heterocycles. The van der Waals surface area contributed by atoms with Gasteiger partial charge in [-0.25, -0.2) is 12.7 Å². The molecule has 32 heavy (non-hydrogen) atoms. The molecule has 0 fully saturated rings. The molecule has 8 nitrogen and oxygen atoms in total. The van der Waals surface area contributed by atoms with Crippen LogP contribution >= 0.6 is 0 Å². The van der Waals surface area contributed by atoms with Crippen molar-refractivity contribution in [1.29, 1.82) is 0 Å². The Kier molecular flexibility index (Phi) is 6.23. The maximum atomic E-state index is 13.5. The Morgan fingerprint density at radius 2 is 1.53 bits per heavy atom. The molecule has 0 saturated carbocycles. The number of ketones is 1. The van der Waals surface area contributed by atoms with Gasteiger partial charge in [-0.2, -0.15) is 0 Å². The molecule has 0 aromatic heterocycles. The van der Waals surface area contributed by atoms with Crippen LogP contribution in [0.4, 0.5) is 0 Å². The predicted octanol–water partition coefficient (Wildman–Crippen LogP) is 3.00. The molecule has 0 amide bonds. The first-order valence-corrected chi connectivity index (χ1v) is 11.2. The largest absolute Gasteiger partial charge is 0.468 e. The van der Waals surface area contributed by atoms with Crippen molar-refractivity contribution < 1.29 is 32.3 Å². The topological polar surface area (TPSA) is 107 Å². The van der Waals surface area contributed by atoms with Gasteiger partial charge < -0.3 is 9.47 Å². The Morgan fingerprint density at radius 3 is 2.12 bits per heavy atom. The molecular weight excluding hydrogens is 434 g/mol. The van der Waals surface area contributed by atoms with Crippen LogP contribution in [-0.4, -0.2) is 44.1 Å². The van der Waals surface area contributed by atoms with E-state index in [4.69, 9.17) is 4.74 Å². The lowest BCUT2D eigenvalue weighted by atomic mass is 9.97. The smallest absolute Gasteiger partial charge is 0.326 e. The summed E-state index contributed by atoms with van der Waals surface area (Å²) in [7, 11) is -3.22. The summed E-state index contributed by atoms with van der Waals surface area (Å²) < 4.78 is 37.8. The zero-order valence-corrected chi connectivity index (χ0v) is 18.9. The number of carbonyl (C=O) groups excluding carboxylic acids is 3. The summed E-state index contributed by atoms with van der Waals surface area (Å²) in [5.74, 6) is -2.50. The van der Waals surface area contributed by atoms with E-state index in [1.165, 1.54) is 30.3 Å². The molecule has 0 radical (unpaired) electrons. The van der Waals surface area contributed by atoms with E-state index >= 15 is 0 Å². The molecule has 2 aromatic carbocycles. The van der Waals surface area contributed by atoms with Crippen LogP contribution in [-0.2, 0) is 29.1 Å². The van der Waals surface area contributed by atoms with Crippen molar-refractivity contribution >= 4 is 33.5 Å². The van der Waals surface area contributed by atoms with Gasteiger partial charge in [0, 0.05) is 11.1 Å². The number of nitrogens with zero attached hydrogens (tertiary/aromatic N) is 1. The number of ether oxygens (including phenoxy) is 2. The van der Waals surface area contributed by atoms with Crippen molar-refractivity contribution in [2.75, 3.05) is 13.7 Å². The summed E-state index contributed by atoms with van der Waals surface area (Å²) in [6, 6.07) is 13.8. The third-order valence-electron chi connectivity index (χ3n) is 4.72. The van der Waals surface area contributed by atoms with Crippen LogP contribution in [0, 0.1) is 5.41 Å². The quantitative estimate of drug-likeness (QED) is 0.502. The molecule has 9 heteroatoms. The van der Waals surface area contributed by atoms with Crippen LogP contribution in [0.15, 0.2) is 65.2 Å². The lowest BCUT2D eigenvalue weighted by Crippen LogP contribution is -2.42. The number of hydrogen-bond acceptors (Lipinski definition) is 7. The molecule has 168 valence electrons. The normalized spacial score (nSPS) is 15.1. The molecule has 1 heterocycles. The summed E-state index contributed by atoms with van der Waals surface area (Å²) in [6.07, 6.45) is 0. The average molecular weight is 458 g/mol. The molecule has 0 atom stereocenters. The van der Waals surface area contributed by atoms with Crippen LogP contribution in [0.2, 0.25) is 0 Å². The first kappa shape index (κ1) is 23.2. The molecule has 0 bridgehead atoms. The molecule has 0 aliphatic carbocycles. The molecule has 1 aliphatic rings. The van der Waals surface area contributed by atoms with E-state index in [1.54, 1.807) is 45.0 Å². The Hall–Kier alpha value is -3.46. The van der Waals surface area contributed by atoms with Gasteiger partial charge in [0.2, 0.25) is 5.78 Å². The van der Waals surface area contributed by atoms with Gasteiger partial charge in [0.15, 0.2) is 5.76 Å². The molecular formula is C23H23NO7S. The number of rotatable bonds is 5. The molecule has 2 aromatic rings. The van der Waals surface area contributed by atoms with Crippen LogP contribution < -0.4 is 0 Å². The Bertz CT molecular complexity index is 1210. The number of Topliss-reactive ketones (excluding diaryl/α,β-unsaturated/α-hetero) is 1. The number of hydrogen-bond donors (Lipinski definition) is 0. The van der Waals surface area contributed by atoms with Gasteiger partial charge in [-0.15, -0.1) is 0 Å². The van der Waals surface area contributed by atoms with Gasteiger partial charge in [0.05, 0.1) is 17.4 Å². The molecule has 1 aliphatic heterocycles. The van der Waals surface area contributed by atoms with Crippen LogP contribution in [0.3, 0.4) is 0 Å². The third kappa shape index (κ3) is 4.29. The predicted molar refractivity (Wildman–Crippen MR) is 116 cm³/mol. The minimum Gasteiger partial charge on any atom is -0.468 e. The number of benzene rings is 2. The average Bonchev–Trinajstić information content (AvgIpc) is 2.76. The zero-order valence-electron chi connectivity index (χ0n) is 18.1. The first-order valence-electron chi connectivity index (χ1n) is 9.73. The zero-order chi connectivity index (χ0) is 23.7. The van der Waals surface area contributed by atoms with E-state index in [-0.39, 0.29) is 21.8 Å². The van der Waals surface area contributed by atoms with E-state index in [9.17, 15) is 22.8 Å². The second kappa shape index (κ2) is 8.58. The Morgan fingerprint density at radius 1 is 0.938 bits per heavy atom. The van der Waals surface area contributed by atoms with Gasteiger partial charge in [-0.1, -0.05) is 42.5 Å². The highest BCUT2D eigenvalue weighted by atomic mass is 32.2. The van der Waals surface area contributed by atoms with Crippen LogP contribution in [0.25, 0.3) is 5.76 Å². The Labute approximate surface area is 186 Å². The SMILES string of the molecule is COC(=O)CN1C(C(=O)c2ccccc2)=C(OC(=O)C(C)(C)C)c2ccccc2S1(=O)=O. The van der Waals surface area contributed by atoms with Crippen molar-refractivity contribution in [3.8, 4) is 0 Å².